The van der Waals surface area contributed by atoms with Gasteiger partial charge >= 0.3 is 0 Å². The molecule has 0 atom stereocenters. The van der Waals surface area contributed by atoms with Crippen LogP contribution < -0.4 is 10.9 Å². The van der Waals surface area contributed by atoms with E-state index >= 15 is 0 Å². The largest absolute Gasteiger partial charge is 0.301 e. The van der Waals surface area contributed by atoms with Crippen LogP contribution in [0.1, 0.15) is 34.4 Å². The monoisotopic (exact) mass is 558 g/mol. The highest BCUT2D eigenvalue weighted by Gasteiger charge is 2.23. The van der Waals surface area contributed by atoms with Gasteiger partial charge in [-0.05, 0) is 68.4 Å². The van der Waals surface area contributed by atoms with Crippen molar-refractivity contribution in [2.75, 3.05) is 11.1 Å². The molecular weight excluding hydrogens is 533 g/mol. The maximum Gasteiger partial charge on any atom is 0.267 e. The first-order chi connectivity index (χ1) is 18.5. The highest BCUT2D eigenvalue weighted by Crippen LogP contribution is 2.35. The molecule has 3 aromatic heterocycles. The number of aryl methyl sites for hydroxylation is 4. The number of carbonyl (C=O) groups excluding carboxylic acids is 1. The minimum absolute atomic E-state index is 0.0465. The van der Waals surface area contributed by atoms with Gasteiger partial charge in [-0.2, -0.15) is 0 Å². The molecule has 0 spiro atoms. The Bertz CT molecular complexity index is 1700. The van der Waals surface area contributed by atoms with Crippen LogP contribution in [0.25, 0.3) is 27.2 Å². The van der Waals surface area contributed by atoms with Crippen molar-refractivity contribution in [1.82, 2.24) is 14.5 Å². The molecule has 5 aromatic rings. The molecule has 192 valence electrons. The SMILES string of the molecule is Cc1cc(C)cc(-n2c(SCC(=O)Nc3nc(-c4ccccc4)cs3)nc3sc4c(c3c2=O)CCCC4)c1. The van der Waals surface area contributed by atoms with Gasteiger partial charge in [0.15, 0.2) is 10.3 Å². The minimum atomic E-state index is -0.184. The number of amides is 1. The molecule has 0 fully saturated rings. The van der Waals surface area contributed by atoms with Crippen LogP contribution in [0.3, 0.4) is 0 Å². The van der Waals surface area contributed by atoms with E-state index in [1.54, 1.807) is 15.9 Å². The summed E-state index contributed by atoms with van der Waals surface area (Å²) in [5, 5.41) is 6.67. The molecule has 9 heteroatoms. The quantitative estimate of drug-likeness (QED) is 0.183. The number of thioether (sulfide) groups is 1. The molecule has 1 aliphatic carbocycles. The van der Waals surface area contributed by atoms with Crippen molar-refractivity contribution in [3.63, 3.8) is 0 Å². The lowest BCUT2D eigenvalue weighted by Crippen LogP contribution is -2.23. The standard InChI is InChI=1S/C29H26N4O2S3/c1-17-12-18(2)14-20(13-17)33-27(35)25-21-10-6-7-11-23(21)38-26(25)32-29(33)37-16-24(34)31-28-30-22(15-36-28)19-8-4-3-5-9-19/h3-5,8-9,12-15H,6-7,10-11,16H2,1-2H3,(H,30,31,34). The molecule has 1 aliphatic rings. The Labute approximate surface area is 232 Å². The molecule has 0 radical (unpaired) electrons. The molecule has 0 aliphatic heterocycles. The van der Waals surface area contributed by atoms with Gasteiger partial charge in [-0.3, -0.25) is 14.2 Å². The lowest BCUT2D eigenvalue weighted by atomic mass is 9.97. The third-order valence-corrected chi connectivity index (χ3v) is 9.46. The number of thiophene rings is 1. The first-order valence-electron chi connectivity index (χ1n) is 12.6. The van der Waals surface area contributed by atoms with E-state index in [0.29, 0.717) is 10.3 Å². The predicted octanol–water partition coefficient (Wildman–Crippen LogP) is 6.80. The number of rotatable bonds is 6. The average Bonchev–Trinajstić information content (AvgIpc) is 3.52. The maximum atomic E-state index is 14.0. The number of nitrogens with one attached hydrogen (secondary N) is 1. The number of benzene rings is 2. The molecule has 0 saturated carbocycles. The summed E-state index contributed by atoms with van der Waals surface area (Å²) in [4.78, 5) is 38.5. The molecule has 6 nitrogen and oxygen atoms in total. The van der Waals surface area contributed by atoms with Crippen LogP contribution in [0.2, 0.25) is 0 Å². The van der Waals surface area contributed by atoms with Gasteiger partial charge in [-0.15, -0.1) is 22.7 Å². The molecule has 6 rings (SSSR count). The third kappa shape index (κ3) is 4.93. The number of nitrogens with zero attached hydrogens (tertiary/aromatic N) is 3. The molecule has 3 heterocycles. The Hall–Kier alpha value is -3.27. The summed E-state index contributed by atoms with van der Waals surface area (Å²) in [6.07, 6.45) is 4.17. The molecule has 38 heavy (non-hydrogen) atoms. The van der Waals surface area contributed by atoms with Crippen LogP contribution in [-0.4, -0.2) is 26.2 Å². The lowest BCUT2D eigenvalue weighted by Gasteiger charge is -2.14. The third-order valence-electron chi connectivity index (χ3n) is 6.58. The summed E-state index contributed by atoms with van der Waals surface area (Å²) < 4.78 is 1.69. The van der Waals surface area contributed by atoms with Crippen LogP contribution in [-0.2, 0) is 17.6 Å². The van der Waals surface area contributed by atoms with E-state index in [2.05, 4.69) is 16.4 Å². The fourth-order valence-corrected chi connectivity index (χ4v) is 7.80. The van der Waals surface area contributed by atoms with E-state index in [4.69, 9.17) is 4.98 Å². The smallest absolute Gasteiger partial charge is 0.267 e. The second-order valence-corrected chi connectivity index (χ2v) is 12.4. The van der Waals surface area contributed by atoms with Gasteiger partial charge in [0.1, 0.15) is 4.83 Å². The van der Waals surface area contributed by atoms with Gasteiger partial charge in [0, 0.05) is 15.8 Å². The Kier molecular flexibility index (Phi) is 6.90. The highest BCUT2D eigenvalue weighted by atomic mass is 32.2. The van der Waals surface area contributed by atoms with Crippen molar-refractivity contribution in [2.45, 2.75) is 44.7 Å². The van der Waals surface area contributed by atoms with Gasteiger partial charge in [-0.25, -0.2) is 9.97 Å². The Balaban J connectivity index is 1.31. The number of hydrogen-bond donors (Lipinski definition) is 1. The van der Waals surface area contributed by atoms with Crippen LogP contribution >= 0.6 is 34.4 Å². The molecule has 2 aromatic carbocycles. The second-order valence-electron chi connectivity index (χ2n) is 9.51. The maximum absolute atomic E-state index is 14.0. The van der Waals surface area contributed by atoms with E-state index in [0.717, 1.165) is 64.0 Å². The summed E-state index contributed by atoms with van der Waals surface area (Å²) in [6, 6.07) is 16.0. The average molecular weight is 559 g/mol. The van der Waals surface area contributed by atoms with Crippen LogP contribution in [0.4, 0.5) is 5.13 Å². The minimum Gasteiger partial charge on any atom is -0.301 e. The number of carbonyl (C=O) groups is 1. The zero-order valence-corrected chi connectivity index (χ0v) is 23.6. The van der Waals surface area contributed by atoms with Crippen LogP contribution in [0, 0.1) is 13.8 Å². The van der Waals surface area contributed by atoms with Crippen molar-refractivity contribution < 1.29 is 4.79 Å². The van der Waals surface area contributed by atoms with E-state index in [1.165, 1.54) is 33.5 Å². The number of thiazole rings is 1. The number of aromatic nitrogens is 3. The van der Waals surface area contributed by atoms with Crippen molar-refractivity contribution in [3.05, 3.63) is 85.8 Å². The zero-order valence-electron chi connectivity index (χ0n) is 21.1. The number of anilines is 1. The van der Waals surface area contributed by atoms with Crippen molar-refractivity contribution in [3.8, 4) is 16.9 Å². The van der Waals surface area contributed by atoms with Gasteiger partial charge in [-0.1, -0.05) is 48.2 Å². The fourth-order valence-electron chi connectivity index (χ4n) is 4.95. The number of fused-ring (bicyclic) bond motifs is 3. The van der Waals surface area contributed by atoms with Gasteiger partial charge in [0.05, 0.1) is 22.5 Å². The molecule has 0 bridgehead atoms. The van der Waals surface area contributed by atoms with E-state index in [1.807, 2.05) is 61.7 Å². The second kappa shape index (κ2) is 10.5. The van der Waals surface area contributed by atoms with E-state index in [9.17, 15) is 9.59 Å². The highest BCUT2D eigenvalue weighted by molar-refractivity contribution is 7.99. The van der Waals surface area contributed by atoms with Gasteiger partial charge in [0.25, 0.3) is 5.56 Å². The normalized spacial score (nSPS) is 13.0. The van der Waals surface area contributed by atoms with Crippen molar-refractivity contribution in [2.24, 2.45) is 0 Å². The number of hydrogen-bond acceptors (Lipinski definition) is 7. The molecular formula is C29H26N4O2S3. The summed E-state index contributed by atoms with van der Waals surface area (Å²) in [7, 11) is 0. The zero-order chi connectivity index (χ0) is 26.2. The first kappa shape index (κ1) is 25.0. The Morgan fingerprint density at radius 1 is 1.05 bits per heavy atom. The van der Waals surface area contributed by atoms with Crippen LogP contribution in [0.5, 0.6) is 0 Å². The van der Waals surface area contributed by atoms with Gasteiger partial charge in [0.2, 0.25) is 5.91 Å². The molecule has 0 saturated heterocycles. The van der Waals surface area contributed by atoms with E-state index < -0.39 is 0 Å². The molecule has 0 unspecified atom stereocenters. The van der Waals surface area contributed by atoms with Crippen molar-refractivity contribution in [1.29, 1.82) is 0 Å². The summed E-state index contributed by atoms with van der Waals surface area (Å²) in [6.45, 7) is 4.05. The van der Waals surface area contributed by atoms with Gasteiger partial charge < -0.3 is 5.32 Å². The molecule has 1 amide bonds. The first-order valence-corrected chi connectivity index (χ1v) is 15.2. The summed E-state index contributed by atoms with van der Waals surface area (Å²) in [5.41, 5.74) is 5.89. The molecule has 1 N–H and O–H groups in total. The predicted molar refractivity (Wildman–Crippen MR) is 158 cm³/mol. The van der Waals surface area contributed by atoms with Crippen molar-refractivity contribution >= 4 is 55.7 Å². The van der Waals surface area contributed by atoms with Crippen LogP contribution in [0.15, 0.2) is 63.9 Å². The van der Waals surface area contributed by atoms with E-state index in [-0.39, 0.29) is 17.2 Å². The summed E-state index contributed by atoms with van der Waals surface area (Å²) in [5.74, 6) is -0.0654. The summed E-state index contributed by atoms with van der Waals surface area (Å²) >= 11 is 4.31. The lowest BCUT2D eigenvalue weighted by molar-refractivity contribution is -0.113. The Morgan fingerprint density at radius 3 is 2.61 bits per heavy atom. The topological polar surface area (TPSA) is 76.9 Å². The fraction of sp³-hybridized carbons (Fsp3) is 0.241. The Morgan fingerprint density at radius 2 is 1.82 bits per heavy atom.